The Balaban J connectivity index is 2.28. The molecule has 0 radical (unpaired) electrons. The molecule has 0 spiro atoms. The van der Waals surface area contributed by atoms with Crippen molar-refractivity contribution in [2.45, 2.75) is 57.9 Å². The molecule has 19 heavy (non-hydrogen) atoms. The van der Waals surface area contributed by atoms with E-state index in [-0.39, 0.29) is 11.9 Å². The van der Waals surface area contributed by atoms with E-state index in [4.69, 9.17) is 5.73 Å². The number of aromatic nitrogens is 4. The molecule has 1 atom stereocenters. The molecular formula is C12H24N6O. The fraction of sp³-hybridized carbons (Fsp3) is 0.833. The Bertz CT molecular complexity index is 340. The maximum absolute atomic E-state index is 11.8. The molecule has 1 aromatic rings. The summed E-state index contributed by atoms with van der Waals surface area (Å²) in [5.74, 6) is 0.606. The number of tetrazole rings is 1. The van der Waals surface area contributed by atoms with Crippen LogP contribution in [0.5, 0.6) is 0 Å². The highest BCUT2D eigenvalue weighted by Gasteiger charge is 2.17. The van der Waals surface area contributed by atoms with Crippen LogP contribution in [-0.4, -0.2) is 33.1 Å². The summed E-state index contributed by atoms with van der Waals surface area (Å²) in [6.45, 7) is 2.79. The molecule has 0 bridgehead atoms. The standard InChI is InChI=1S/C12H24N6O/c1-2-7-10(12-15-17-18-16-12)14-11(19)8-5-3-4-6-9-13/h10H,2-9,13H2,1H3,(H,14,19)(H,15,16,17,18). The summed E-state index contributed by atoms with van der Waals surface area (Å²) in [6, 6.07) is -0.139. The highest BCUT2D eigenvalue weighted by atomic mass is 16.1. The van der Waals surface area contributed by atoms with Gasteiger partial charge in [-0.3, -0.25) is 4.79 Å². The fourth-order valence-electron chi connectivity index (χ4n) is 1.92. The van der Waals surface area contributed by atoms with Gasteiger partial charge in [-0.05, 0) is 25.8 Å². The van der Waals surface area contributed by atoms with Gasteiger partial charge >= 0.3 is 0 Å². The Hall–Kier alpha value is -1.50. The van der Waals surface area contributed by atoms with Crippen LogP contribution in [0, 0.1) is 0 Å². The van der Waals surface area contributed by atoms with E-state index in [1.54, 1.807) is 0 Å². The van der Waals surface area contributed by atoms with Gasteiger partial charge in [-0.2, -0.15) is 5.21 Å². The molecule has 0 saturated carbocycles. The average molecular weight is 268 g/mol. The third-order valence-corrected chi connectivity index (χ3v) is 2.94. The molecule has 108 valence electrons. The Morgan fingerprint density at radius 1 is 1.37 bits per heavy atom. The molecule has 1 unspecified atom stereocenters. The van der Waals surface area contributed by atoms with Crippen LogP contribution in [-0.2, 0) is 4.79 Å². The van der Waals surface area contributed by atoms with E-state index in [0.717, 1.165) is 45.1 Å². The second-order valence-electron chi connectivity index (χ2n) is 4.63. The number of rotatable bonds is 10. The quantitative estimate of drug-likeness (QED) is 0.550. The molecule has 4 N–H and O–H groups in total. The lowest BCUT2D eigenvalue weighted by atomic mass is 10.1. The van der Waals surface area contributed by atoms with Crippen molar-refractivity contribution in [3.8, 4) is 0 Å². The fourth-order valence-corrected chi connectivity index (χ4v) is 1.92. The zero-order chi connectivity index (χ0) is 13.9. The van der Waals surface area contributed by atoms with Gasteiger partial charge in [-0.1, -0.05) is 31.4 Å². The number of carbonyl (C=O) groups is 1. The van der Waals surface area contributed by atoms with Crippen molar-refractivity contribution >= 4 is 5.91 Å². The molecule has 0 aromatic carbocycles. The lowest BCUT2D eigenvalue weighted by Gasteiger charge is -2.14. The number of nitrogens with two attached hydrogens (primary N) is 1. The Kier molecular flexibility index (Phi) is 7.72. The van der Waals surface area contributed by atoms with Crippen molar-refractivity contribution in [2.24, 2.45) is 5.73 Å². The molecule has 1 rings (SSSR count). The van der Waals surface area contributed by atoms with Crippen molar-refractivity contribution in [3.05, 3.63) is 5.82 Å². The maximum atomic E-state index is 11.8. The number of unbranched alkanes of at least 4 members (excludes halogenated alkanes) is 3. The van der Waals surface area contributed by atoms with Gasteiger partial charge in [0, 0.05) is 6.42 Å². The normalized spacial score (nSPS) is 12.3. The third-order valence-electron chi connectivity index (χ3n) is 2.94. The Morgan fingerprint density at radius 2 is 2.16 bits per heavy atom. The summed E-state index contributed by atoms with van der Waals surface area (Å²) < 4.78 is 0. The number of nitrogens with one attached hydrogen (secondary N) is 2. The van der Waals surface area contributed by atoms with E-state index in [1.807, 2.05) is 0 Å². The second kappa shape index (κ2) is 9.43. The zero-order valence-electron chi connectivity index (χ0n) is 11.6. The molecule has 1 heterocycles. The van der Waals surface area contributed by atoms with E-state index >= 15 is 0 Å². The molecular weight excluding hydrogens is 244 g/mol. The summed E-state index contributed by atoms with van der Waals surface area (Å²) in [7, 11) is 0. The van der Waals surface area contributed by atoms with Crippen molar-refractivity contribution in [3.63, 3.8) is 0 Å². The minimum absolute atomic E-state index is 0.0519. The molecule has 7 nitrogen and oxygen atoms in total. The number of carbonyl (C=O) groups excluding carboxylic acids is 1. The number of hydrogen-bond donors (Lipinski definition) is 3. The van der Waals surface area contributed by atoms with Gasteiger partial charge in [-0.15, -0.1) is 10.2 Å². The minimum Gasteiger partial charge on any atom is -0.346 e. The average Bonchev–Trinajstić information content (AvgIpc) is 2.92. The maximum Gasteiger partial charge on any atom is 0.220 e. The van der Waals surface area contributed by atoms with Crippen LogP contribution in [0.4, 0.5) is 0 Å². The topological polar surface area (TPSA) is 110 Å². The highest BCUT2D eigenvalue weighted by molar-refractivity contribution is 5.76. The van der Waals surface area contributed by atoms with E-state index < -0.39 is 0 Å². The van der Waals surface area contributed by atoms with Crippen LogP contribution in [0.3, 0.4) is 0 Å². The van der Waals surface area contributed by atoms with Crippen LogP contribution in [0.2, 0.25) is 0 Å². The summed E-state index contributed by atoms with van der Waals surface area (Å²) in [4.78, 5) is 11.8. The van der Waals surface area contributed by atoms with E-state index in [9.17, 15) is 4.79 Å². The first-order chi connectivity index (χ1) is 9.27. The van der Waals surface area contributed by atoms with E-state index in [2.05, 4.69) is 32.9 Å². The molecule has 0 fully saturated rings. The molecule has 1 aromatic heterocycles. The van der Waals surface area contributed by atoms with E-state index in [0.29, 0.717) is 12.2 Å². The summed E-state index contributed by atoms with van der Waals surface area (Å²) in [5.41, 5.74) is 5.42. The predicted octanol–water partition coefficient (Wildman–Crippen LogP) is 1.07. The number of aromatic amines is 1. The Labute approximate surface area is 113 Å². The molecule has 0 aliphatic rings. The third kappa shape index (κ3) is 6.28. The van der Waals surface area contributed by atoms with Crippen molar-refractivity contribution in [1.29, 1.82) is 0 Å². The van der Waals surface area contributed by atoms with Crippen molar-refractivity contribution in [2.75, 3.05) is 6.54 Å². The number of H-pyrrole nitrogens is 1. The van der Waals surface area contributed by atoms with Gasteiger partial charge < -0.3 is 11.1 Å². The van der Waals surface area contributed by atoms with Crippen LogP contribution in [0.1, 0.15) is 63.7 Å². The minimum atomic E-state index is -0.139. The summed E-state index contributed by atoms with van der Waals surface area (Å²) in [5, 5.41) is 16.8. The van der Waals surface area contributed by atoms with Crippen molar-refractivity contribution < 1.29 is 4.79 Å². The molecule has 0 saturated heterocycles. The van der Waals surface area contributed by atoms with Crippen molar-refractivity contribution in [1.82, 2.24) is 25.9 Å². The van der Waals surface area contributed by atoms with Crippen LogP contribution in [0.25, 0.3) is 0 Å². The van der Waals surface area contributed by atoms with Crippen LogP contribution < -0.4 is 11.1 Å². The number of hydrogen-bond acceptors (Lipinski definition) is 5. The first-order valence-electron chi connectivity index (χ1n) is 7.00. The van der Waals surface area contributed by atoms with Gasteiger partial charge in [0.1, 0.15) is 0 Å². The van der Waals surface area contributed by atoms with Crippen LogP contribution >= 0.6 is 0 Å². The van der Waals surface area contributed by atoms with E-state index in [1.165, 1.54) is 0 Å². The monoisotopic (exact) mass is 268 g/mol. The highest BCUT2D eigenvalue weighted by Crippen LogP contribution is 2.13. The zero-order valence-corrected chi connectivity index (χ0v) is 11.6. The molecule has 7 heteroatoms. The lowest BCUT2D eigenvalue weighted by Crippen LogP contribution is -2.29. The number of amides is 1. The smallest absolute Gasteiger partial charge is 0.220 e. The molecule has 0 aliphatic heterocycles. The predicted molar refractivity (Wildman–Crippen MR) is 72.1 cm³/mol. The van der Waals surface area contributed by atoms with Gasteiger partial charge in [0.15, 0.2) is 5.82 Å². The lowest BCUT2D eigenvalue weighted by molar-refractivity contribution is -0.122. The van der Waals surface area contributed by atoms with Gasteiger partial charge in [0.25, 0.3) is 0 Å². The summed E-state index contributed by atoms with van der Waals surface area (Å²) >= 11 is 0. The van der Waals surface area contributed by atoms with Crippen LogP contribution in [0.15, 0.2) is 0 Å². The summed E-state index contributed by atoms with van der Waals surface area (Å²) in [6.07, 6.45) is 6.38. The largest absolute Gasteiger partial charge is 0.346 e. The molecule has 1 amide bonds. The second-order valence-corrected chi connectivity index (χ2v) is 4.63. The SMILES string of the molecule is CCCC(NC(=O)CCCCCCN)c1nn[nH]n1. The molecule has 0 aliphatic carbocycles. The number of nitrogens with zero attached hydrogens (tertiary/aromatic N) is 3. The van der Waals surface area contributed by atoms with Gasteiger partial charge in [-0.25, -0.2) is 0 Å². The first kappa shape index (κ1) is 15.6. The van der Waals surface area contributed by atoms with Gasteiger partial charge in [0.2, 0.25) is 5.91 Å². The Morgan fingerprint density at radius 3 is 2.79 bits per heavy atom. The first-order valence-corrected chi connectivity index (χ1v) is 7.00. The van der Waals surface area contributed by atoms with Gasteiger partial charge in [0.05, 0.1) is 6.04 Å².